The van der Waals surface area contributed by atoms with Gasteiger partial charge in [-0.15, -0.1) is 0 Å². The first-order valence-electron chi connectivity index (χ1n) is 10.4. The van der Waals surface area contributed by atoms with Gasteiger partial charge in [0.1, 0.15) is 5.75 Å². The number of ether oxygens (including phenoxy) is 1. The highest BCUT2D eigenvalue weighted by Gasteiger charge is 2.29. The summed E-state index contributed by atoms with van der Waals surface area (Å²) in [6.45, 7) is 10.1. The van der Waals surface area contributed by atoms with Gasteiger partial charge in [-0.1, -0.05) is 12.1 Å². The van der Waals surface area contributed by atoms with E-state index in [1.165, 1.54) is 30.0 Å². The zero-order valence-electron chi connectivity index (χ0n) is 18.8. The molecule has 1 aliphatic rings. The van der Waals surface area contributed by atoms with E-state index in [1.54, 1.807) is 30.9 Å². The zero-order valence-corrected chi connectivity index (χ0v) is 19.6. The van der Waals surface area contributed by atoms with Gasteiger partial charge < -0.3 is 14.5 Å². The predicted octanol–water partition coefficient (Wildman–Crippen LogP) is 2.64. The Balaban J connectivity index is 1.63. The number of nitrogens with zero attached hydrogens (tertiary/aromatic N) is 2. The molecular formula is C23H31N3O4S. The lowest BCUT2D eigenvalue weighted by atomic mass is 10.1. The molecule has 168 valence electrons. The molecule has 1 N–H and O–H groups in total. The van der Waals surface area contributed by atoms with Gasteiger partial charge in [0.15, 0.2) is 0 Å². The number of carbonyl (C=O) groups is 1. The number of anilines is 1. The highest BCUT2D eigenvalue weighted by atomic mass is 32.2. The Morgan fingerprint density at radius 3 is 2.32 bits per heavy atom. The van der Waals surface area contributed by atoms with Gasteiger partial charge in [-0.3, -0.25) is 4.79 Å². The summed E-state index contributed by atoms with van der Waals surface area (Å²) >= 11 is 0. The van der Waals surface area contributed by atoms with Crippen LogP contribution >= 0.6 is 0 Å². The summed E-state index contributed by atoms with van der Waals surface area (Å²) in [4.78, 5) is 17.0. The van der Waals surface area contributed by atoms with E-state index in [-0.39, 0.29) is 10.8 Å². The molecule has 0 spiro atoms. The number of aryl methyl sites for hydroxylation is 2. The van der Waals surface area contributed by atoms with E-state index >= 15 is 0 Å². The molecule has 0 aliphatic carbocycles. The molecule has 8 heteroatoms. The summed E-state index contributed by atoms with van der Waals surface area (Å²) in [5.74, 6) is 0.402. The second-order valence-corrected chi connectivity index (χ2v) is 9.72. The quantitative estimate of drug-likeness (QED) is 0.740. The summed E-state index contributed by atoms with van der Waals surface area (Å²) < 4.78 is 33.2. The minimum Gasteiger partial charge on any atom is -0.496 e. The third-order valence-electron chi connectivity index (χ3n) is 5.89. The molecular weight excluding hydrogens is 414 g/mol. The molecule has 3 rings (SSSR count). The van der Waals surface area contributed by atoms with Crippen LogP contribution in [0.3, 0.4) is 0 Å². The molecule has 0 bridgehead atoms. The lowest BCUT2D eigenvalue weighted by molar-refractivity contribution is -0.132. The van der Waals surface area contributed by atoms with Crippen molar-refractivity contribution < 1.29 is 17.9 Å². The standard InChI is InChI=1S/C23H31N3O4S/c1-16-7-6-8-21(18(16)3)25-11-13-26(14-12-25)23(27)19(4)24-31(28,29)20-9-10-22(30-5)17(2)15-20/h6-10,15,19,24H,11-14H2,1-5H3/t19-/m0/s1. The fourth-order valence-electron chi connectivity index (χ4n) is 3.89. The predicted molar refractivity (Wildman–Crippen MR) is 122 cm³/mol. The van der Waals surface area contributed by atoms with E-state index in [0.717, 1.165) is 0 Å². The molecule has 0 saturated carbocycles. The Bertz CT molecular complexity index is 1060. The van der Waals surface area contributed by atoms with Crippen LogP contribution in [-0.2, 0) is 14.8 Å². The first-order chi connectivity index (χ1) is 14.6. The highest BCUT2D eigenvalue weighted by Crippen LogP contribution is 2.24. The summed E-state index contributed by atoms with van der Waals surface area (Å²) in [5.41, 5.74) is 4.40. The maximum atomic E-state index is 12.9. The molecule has 1 amide bonds. The second kappa shape index (κ2) is 9.28. The third-order valence-corrected chi connectivity index (χ3v) is 7.43. The van der Waals surface area contributed by atoms with Gasteiger partial charge in [0.25, 0.3) is 0 Å². The van der Waals surface area contributed by atoms with Crippen molar-refractivity contribution in [2.45, 2.75) is 38.6 Å². The number of carbonyl (C=O) groups excluding carboxylic acids is 1. The number of hydrogen-bond donors (Lipinski definition) is 1. The monoisotopic (exact) mass is 445 g/mol. The number of nitrogens with one attached hydrogen (secondary N) is 1. The molecule has 1 aliphatic heterocycles. The van der Waals surface area contributed by atoms with Crippen molar-refractivity contribution in [1.82, 2.24) is 9.62 Å². The zero-order chi connectivity index (χ0) is 22.8. The topological polar surface area (TPSA) is 78.9 Å². The maximum absolute atomic E-state index is 12.9. The van der Waals surface area contributed by atoms with Crippen LogP contribution in [0.4, 0.5) is 5.69 Å². The smallest absolute Gasteiger partial charge is 0.241 e. The molecule has 2 aromatic rings. The van der Waals surface area contributed by atoms with Gasteiger partial charge in [0.2, 0.25) is 15.9 Å². The SMILES string of the molecule is COc1ccc(S(=O)(=O)N[C@@H](C)C(=O)N2CCN(c3cccc(C)c3C)CC2)cc1C. The van der Waals surface area contributed by atoms with Gasteiger partial charge in [0.05, 0.1) is 18.0 Å². The van der Waals surface area contributed by atoms with Crippen LogP contribution in [0.1, 0.15) is 23.6 Å². The molecule has 7 nitrogen and oxygen atoms in total. The second-order valence-electron chi connectivity index (χ2n) is 8.01. The summed E-state index contributed by atoms with van der Waals surface area (Å²) in [6.07, 6.45) is 0. The number of benzene rings is 2. The van der Waals surface area contributed by atoms with Gasteiger partial charge in [-0.2, -0.15) is 4.72 Å². The first-order valence-corrected chi connectivity index (χ1v) is 11.9. The Morgan fingerprint density at radius 2 is 1.71 bits per heavy atom. The average molecular weight is 446 g/mol. The van der Waals surface area contributed by atoms with Crippen molar-refractivity contribution in [3.05, 3.63) is 53.1 Å². The van der Waals surface area contributed by atoms with E-state index in [9.17, 15) is 13.2 Å². The van der Waals surface area contributed by atoms with Crippen molar-refractivity contribution in [2.24, 2.45) is 0 Å². The Hall–Kier alpha value is -2.58. The van der Waals surface area contributed by atoms with Crippen LogP contribution in [0.15, 0.2) is 41.3 Å². The molecule has 0 aromatic heterocycles. The van der Waals surface area contributed by atoms with Gasteiger partial charge in [-0.05, 0) is 68.7 Å². The normalized spacial score (nSPS) is 15.6. The largest absolute Gasteiger partial charge is 0.496 e. The molecule has 31 heavy (non-hydrogen) atoms. The van der Waals surface area contributed by atoms with E-state index in [2.05, 4.69) is 35.6 Å². The third kappa shape index (κ3) is 5.02. The molecule has 0 unspecified atom stereocenters. The van der Waals surface area contributed by atoms with Crippen molar-refractivity contribution in [3.63, 3.8) is 0 Å². The van der Waals surface area contributed by atoms with Gasteiger partial charge >= 0.3 is 0 Å². The highest BCUT2D eigenvalue weighted by molar-refractivity contribution is 7.89. The average Bonchev–Trinajstić information content (AvgIpc) is 2.75. The number of amides is 1. The summed E-state index contributed by atoms with van der Waals surface area (Å²) in [6, 6.07) is 10.0. The Morgan fingerprint density at radius 1 is 1.03 bits per heavy atom. The Kier molecular flexibility index (Phi) is 6.91. The minimum atomic E-state index is -3.82. The lowest BCUT2D eigenvalue weighted by Crippen LogP contribution is -2.54. The maximum Gasteiger partial charge on any atom is 0.241 e. The van der Waals surface area contributed by atoms with E-state index < -0.39 is 16.1 Å². The van der Waals surface area contributed by atoms with E-state index in [0.29, 0.717) is 37.5 Å². The molecule has 1 saturated heterocycles. The summed E-state index contributed by atoms with van der Waals surface area (Å²) in [7, 11) is -2.28. The molecule has 1 fully saturated rings. The van der Waals surface area contributed by atoms with Crippen LogP contribution < -0.4 is 14.4 Å². The number of piperazine rings is 1. The minimum absolute atomic E-state index is 0.116. The van der Waals surface area contributed by atoms with E-state index in [1.807, 2.05) is 6.07 Å². The van der Waals surface area contributed by atoms with Crippen LogP contribution in [0.2, 0.25) is 0 Å². The summed E-state index contributed by atoms with van der Waals surface area (Å²) in [5, 5.41) is 0. The lowest BCUT2D eigenvalue weighted by Gasteiger charge is -2.38. The molecule has 1 atom stereocenters. The first kappa shape index (κ1) is 23.1. The van der Waals surface area contributed by atoms with Crippen LogP contribution in [0.5, 0.6) is 5.75 Å². The fraction of sp³-hybridized carbons (Fsp3) is 0.435. The van der Waals surface area contributed by atoms with Crippen LogP contribution in [0.25, 0.3) is 0 Å². The molecule has 2 aromatic carbocycles. The fourth-order valence-corrected chi connectivity index (χ4v) is 5.17. The number of sulfonamides is 1. The number of rotatable bonds is 6. The van der Waals surface area contributed by atoms with Crippen LogP contribution in [0, 0.1) is 20.8 Å². The van der Waals surface area contributed by atoms with Crippen molar-refractivity contribution in [1.29, 1.82) is 0 Å². The van der Waals surface area contributed by atoms with Gasteiger partial charge in [-0.25, -0.2) is 8.42 Å². The van der Waals surface area contributed by atoms with Crippen molar-refractivity contribution >= 4 is 21.6 Å². The van der Waals surface area contributed by atoms with E-state index in [4.69, 9.17) is 4.74 Å². The van der Waals surface area contributed by atoms with Crippen molar-refractivity contribution in [3.8, 4) is 5.75 Å². The Labute approximate surface area is 185 Å². The number of methoxy groups -OCH3 is 1. The van der Waals surface area contributed by atoms with Crippen LogP contribution in [-0.4, -0.2) is 58.6 Å². The molecule has 0 radical (unpaired) electrons. The van der Waals surface area contributed by atoms with Crippen molar-refractivity contribution in [2.75, 3.05) is 38.2 Å². The van der Waals surface area contributed by atoms with Gasteiger partial charge in [0, 0.05) is 31.9 Å². The molecule has 1 heterocycles. The number of hydrogen-bond acceptors (Lipinski definition) is 5.